The molecule has 0 spiro atoms. The predicted octanol–water partition coefficient (Wildman–Crippen LogP) is 2.05. The minimum atomic E-state index is -0.379. The van der Waals surface area contributed by atoms with Gasteiger partial charge in [0, 0.05) is 11.3 Å². The highest BCUT2D eigenvalue weighted by Gasteiger charge is 2.09. The van der Waals surface area contributed by atoms with Crippen molar-refractivity contribution in [1.29, 1.82) is 0 Å². The molecule has 5 nitrogen and oxygen atoms in total. The molecule has 0 aliphatic heterocycles. The zero-order valence-electron chi connectivity index (χ0n) is 9.71. The van der Waals surface area contributed by atoms with E-state index in [0.29, 0.717) is 5.69 Å². The number of hydrogen-bond acceptors (Lipinski definition) is 4. The summed E-state index contributed by atoms with van der Waals surface area (Å²) in [6.45, 7) is 1.85. The number of nitrogens with zero attached hydrogens (tertiary/aromatic N) is 1. The molecule has 5 heteroatoms. The molecule has 3 N–H and O–H groups in total. The van der Waals surface area contributed by atoms with Gasteiger partial charge in [-0.05, 0) is 37.3 Å². The second kappa shape index (κ2) is 4.75. The Labute approximate surface area is 104 Å². The first-order chi connectivity index (χ1) is 8.56. The highest BCUT2D eigenvalue weighted by atomic mass is 16.3. The monoisotopic (exact) mass is 244 g/mol. The maximum absolute atomic E-state index is 11.8. The highest BCUT2D eigenvalue weighted by molar-refractivity contribution is 6.04. The van der Waals surface area contributed by atoms with E-state index >= 15 is 0 Å². The van der Waals surface area contributed by atoms with Crippen LogP contribution in [0.3, 0.4) is 0 Å². The summed E-state index contributed by atoms with van der Waals surface area (Å²) < 4.78 is 0. The van der Waals surface area contributed by atoms with Crippen molar-refractivity contribution in [2.75, 3.05) is 5.32 Å². The number of benzene rings is 1. The Balaban J connectivity index is 2.16. The Morgan fingerprint density at radius 1 is 1.17 bits per heavy atom. The van der Waals surface area contributed by atoms with Gasteiger partial charge in [-0.15, -0.1) is 0 Å². The quantitative estimate of drug-likeness (QED) is 0.706. The average Bonchev–Trinajstić information content (AvgIpc) is 2.35. The Hall–Kier alpha value is -2.56. The number of nitrogens with one attached hydrogen (secondary N) is 1. The summed E-state index contributed by atoms with van der Waals surface area (Å²) in [5.74, 6) is -0.968. The van der Waals surface area contributed by atoms with Crippen LogP contribution in [0.1, 0.15) is 16.1 Å². The Bertz CT molecular complexity index is 579. The average molecular weight is 244 g/mol. The molecule has 0 atom stereocenters. The predicted molar refractivity (Wildman–Crippen MR) is 66.7 cm³/mol. The van der Waals surface area contributed by atoms with Gasteiger partial charge in [0.1, 0.15) is 0 Å². The van der Waals surface area contributed by atoms with Gasteiger partial charge in [0.15, 0.2) is 11.5 Å². The van der Waals surface area contributed by atoms with E-state index in [2.05, 4.69) is 10.3 Å². The molecule has 0 aliphatic rings. The summed E-state index contributed by atoms with van der Waals surface area (Å²) >= 11 is 0. The summed E-state index contributed by atoms with van der Waals surface area (Å²) in [7, 11) is 0. The number of carbonyl (C=O) groups excluding carboxylic acids is 1. The van der Waals surface area contributed by atoms with E-state index in [1.807, 2.05) is 6.92 Å². The number of carbonyl (C=O) groups is 1. The number of phenols is 2. The van der Waals surface area contributed by atoms with Gasteiger partial charge in [0.2, 0.25) is 0 Å². The van der Waals surface area contributed by atoms with E-state index < -0.39 is 0 Å². The molecular formula is C13H12N2O3. The van der Waals surface area contributed by atoms with Crippen molar-refractivity contribution in [3.05, 3.63) is 47.8 Å². The molecular weight excluding hydrogens is 232 g/mol. The van der Waals surface area contributed by atoms with Gasteiger partial charge in [-0.25, -0.2) is 0 Å². The van der Waals surface area contributed by atoms with Gasteiger partial charge in [-0.1, -0.05) is 0 Å². The van der Waals surface area contributed by atoms with E-state index in [1.165, 1.54) is 18.2 Å². The Morgan fingerprint density at radius 3 is 2.56 bits per heavy atom. The first kappa shape index (κ1) is 11.9. The van der Waals surface area contributed by atoms with E-state index in [0.717, 1.165) is 5.69 Å². The van der Waals surface area contributed by atoms with Crippen molar-refractivity contribution < 1.29 is 15.0 Å². The topological polar surface area (TPSA) is 82.5 Å². The van der Waals surface area contributed by atoms with Crippen LogP contribution in [0.25, 0.3) is 0 Å². The molecule has 0 bridgehead atoms. The second-order valence-corrected chi connectivity index (χ2v) is 3.85. The van der Waals surface area contributed by atoms with Crippen LogP contribution in [-0.2, 0) is 0 Å². The molecule has 1 aromatic carbocycles. The second-order valence-electron chi connectivity index (χ2n) is 3.85. The smallest absolute Gasteiger partial charge is 0.255 e. The largest absolute Gasteiger partial charge is 0.504 e. The van der Waals surface area contributed by atoms with Crippen LogP contribution in [0.5, 0.6) is 11.5 Å². The SMILES string of the molecule is Cc1ccc(NC(=O)c2ccc(O)c(O)c2)cn1. The van der Waals surface area contributed by atoms with Crippen LogP contribution in [0.2, 0.25) is 0 Å². The van der Waals surface area contributed by atoms with Crippen LogP contribution in [0, 0.1) is 6.92 Å². The van der Waals surface area contributed by atoms with Crippen molar-refractivity contribution in [2.24, 2.45) is 0 Å². The van der Waals surface area contributed by atoms with Crippen molar-refractivity contribution in [3.8, 4) is 11.5 Å². The minimum absolute atomic E-state index is 0.255. The highest BCUT2D eigenvalue weighted by Crippen LogP contribution is 2.25. The number of phenolic OH excluding ortho intramolecular Hbond substituents is 2. The number of anilines is 1. The third-order valence-corrected chi connectivity index (χ3v) is 2.41. The van der Waals surface area contributed by atoms with Crippen molar-refractivity contribution in [1.82, 2.24) is 4.98 Å². The van der Waals surface area contributed by atoms with E-state index in [9.17, 15) is 9.90 Å². The number of aromatic hydroxyl groups is 2. The molecule has 92 valence electrons. The number of rotatable bonds is 2. The molecule has 1 amide bonds. The van der Waals surface area contributed by atoms with E-state index in [1.54, 1.807) is 18.3 Å². The van der Waals surface area contributed by atoms with Gasteiger partial charge in [-0.3, -0.25) is 9.78 Å². The Morgan fingerprint density at radius 2 is 1.94 bits per heavy atom. The number of amides is 1. The molecule has 1 heterocycles. The lowest BCUT2D eigenvalue weighted by Crippen LogP contribution is -2.11. The van der Waals surface area contributed by atoms with Gasteiger partial charge in [0.25, 0.3) is 5.91 Å². The van der Waals surface area contributed by atoms with Gasteiger partial charge < -0.3 is 15.5 Å². The molecule has 0 radical (unpaired) electrons. The maximum Gasteiger partial charge on any atom is 0.255 e. The van der Waals surface area contributed by atoms with Crippen LogP contribution in [0.15, 0.2) is 36.5 Å². The lowest BCUT2D eigenvalue weighted by molar-refractivity contribution is 0.102. The fourth-order valence-electron chi connectivity index (χ4n) is 1.41. The number of pyridine rings is 1. The number of hydrogen-bond donors (Lipinski definition) is 3. The summed E-state index contributed by atoms with van der Waals surface area (Å²) in [5.41, 5.74) is 1.68. The fraction of sp³-hybridized carbons (Fsp3) is 0.0769. The van der Waals surface area contributed by atoms with Crippen molar-refractivity contribution in [2.45, 2.75) is 6.92 Å². The molecule has 18 heavy (non-hydrogen) atoms. The van der Waals surface area contributed by atoms with Crippen LogP contribution in [-0.4, -0.2) is 21.1 Å². The minimum Gasteiger partial charge on any atom is -0.504 e. The molecule has 0 unspecified atom stereocenters. The van der Waals surface area contributed by atoms with Crippen LogP contribution >= 0.6 is 0 Å². The summed E-state index contributed by atoms with van der Waals surface area (Å²) in [6, 6.07) is 7.40. The zero-order chi connectivity index (χ0) is 13.1. The number of aryl methyl sites for hydroxylation is 1. The summed E-state index contributed by atoms with van der Waals surface area (Å²) in [6.07, 6.45) is 1.55. The van der Waals surface area contributed by atoms with Gasteiger partial charge in [-0.2, -0.15) is 0 Å². The van der Waals surface area contributed by atoms with Crippen molar-refractivity contribution >= 4 is 11.6 Å². The van der Waals surface area contributed by atoms with Gasteiger partial charge >= 0.3 is 0 Å². The van der Waals surface area contributed by atoms with E-state index in [4.69, 9.17) is 5.11 Å². The fourth-order valence-corrected chi connectivity index (χ4v) is 1.41. The third kappa shape index (κ3) is 2.57. The van der Waals surface area contributed by atoms with Gasteiger partial charge in [0.05, 0.1) is 11.9 Å². The van der Waals surface area contributed by atoms with E-state index in [-0.39, 0.29) is 23.0 Å². The molecule has 2 rings (SSSR count). The molecule has 0 saturated heterocycles. The molecule has 2 aromatic rings. The summed E-state index contributed by atoms with van der Waals surface area (Å²) in [4.78, 5) is 15.9. The molecule has 0 aliphatic carbocycles. The third-order valence-electron chi connectivity index (χ3n) is 2.41. The lowest BCUT2D eigenvalue weighted by Gasteiger charge is -2.06. The summed E-state index contributed by atoms with van der Waals surface area (Å²) in [5, 5.41) is 21.1. The number of aromatic nitrogens is 1. The molecule has 1 aromatic heterocycles. The Kier molecular flexibility index (Phi) is 3.14. The lowest BCUT2D eigenvalue weighted by atomic mass is 10.2. The standard InChI is InChI=1S/C13H12N2O3/c1-8-2-4-10(7-14-8)15-13(18)9-3-5-11(16)12(17)6-9/h2-7,16-17H,1H3,(H,15,18). The first-order valence-electron chi connectivity index (χ1n) is 5.32. The maximum atomic E-state index is 11.8. The van der Waals surface area contributed by atoms with Crippen molar-refractivity contribution in [3.63, 3.8) is 0 Å². The normalized spacial score (nSPS) is 10.1. The molecule has 0 fully saturated rings. The van der Waals surface area contributed by atoms with Crippen LogP contribution < -0.4 is 5.32 Å². The van der Waals surface area contributed by atoms with Crippen LogP contribution in [0.4, 0.5) is 5.69 Å². The molecule has 0 saturated carbocycles. The zero-order valence-corrected chi connectivity index (χ0v) is 9.71. The first-order valence-corrected chi connectivity index (χ1v) is 5.32.